The summed E-state index contributed by atoms with van der Waals surface area (Å²) in [4.78, 5) is 17.4. The normalized spacial score (nSPS) is 16.4. The zero-order valence-corrected chi connectivity index (χ0v) is 11.3. The molecule has 3 rings (SSSR count). The molecule has 0 amide bonds. The van der Waals surface area contributed by atoms with Crippen molar-refractivity contribution in [1.29, 1.82) is 0 Å². The van der Waals surface area contributed by atoms with Gasteiger partial charge in [-0.3, -0.25) is 4.90 Å². The number of esters is 1. The highest BCUT2D eigenvalue weighted by Gasteiger charge is 2.14. The van der Waals surface area contributed by atoms with Crippen molar-refractivity contribution in [3.05, 3.63) is 36.0 Å². The number of fused-ring (bicyclic) bond motifs is 1. The monoisotopic (exact) mass is 274 g/mol. The van der Waals surface area contributed by atoms with Crippen molar-refractivity contribution in [2.24, 2.45) is 0 Å². The second-order valence-electron chi connectivity index (χ2n) is 4.84. The number of nitrogens with one attached hydrogen (secondary N) is 1. The Bertz CT molecular complexity index is 588. The number of H-pyrrole nitrogens is 1. The van der Waals surface area contributed by atoms with E-state index >= 15 is 0 Å². The van der Waals surface area contributed by atoms with Gasteiger partial charge in [-0.15, -0.1) is 0 Å². The summed E-state index contributed by atoms with van der Waals surface area (Å²) < 4.78 is 10.6. The van der Waals surface area contributed by atoms with Crippen LogP contribution in [0.4, 0.5) is 0 Å². The molecule has 1 aromatic heterocycles. The number of rotatable bonds is 4. The summed E-state index contributed by atoms with van der Waals surface area (Å²) in [6, 6.07) is 7.57. The van der Waals surface area contributed by atoms with Gasteiger partial charge in [0.25, 0.3) is 0 Å². The van der Waals surface area contributed by atoms with E-state index in [0.717, 1.165) is 43.8 Å². The van der Waals surface area contributed by atoms with Crippen LogP contribution in [0.1, 0.15) is 10.4 Å². The van der Waals surface area contributed by atoms with Crippen LogP contribution in [0.25, 0.3) is 10.9 Å². The Morgan fingerprint density at radius 3 is 3.00 bits per heavy atom. The van der Waals surface area contributed by atoms with Gasteiger partial charge in [0.15, 0.2) is 0 Å². The lowest BCUT2D eigenvalue weighted by Crippen LogP contribution is -2.38. The van der Waals surface area contributed by atoms with Crippen LogP contribution in [0.2, 0.25) is 0 Å². The van der Waals surface area contributed by atoms with Gasteiger partial charge in [-0.1, -0.05) is 12.1 Å². The average molecular weight is 274 g/mol. The van der Waals surface area contributed by atoms with Gasteiger partial charge in [-0.25, -0.2) is 4.79 Å². The molecule has 0 atom stereocenters. The molecule has 20 heavy (non-hydrogen) atoms. The Morgan fingerprint density at radius 2 is 2.15 bits per heavy atom. The predicted octanol–water partition coefficient (Wildman–Crippen LogP) is 1.66. The maximum atomic E-state index is 12.1. The molecule has 0 saturated carbocycles. The molecule has 5 nitrogen and oxygen atoms in total. The second kappa shape index (κ2) is 6.07. The van der Waals surface area contributed by atoms with Crippen LogP contribution in [-0.2, 0) is 9.47 Å². The molecule has 106 valence electrons. The summed E-state index contributed by atoms with van der Waals surface area (Å²) in [5.41, 5.74) is 1.43. The van der Waals surface area contributed by atoms with Crippen molar-refractivity contribution in [2.45, 2.75) is 0 Å². The molecule has 0 bridgehead atoms. The van der Waals surface area contributed by atoms with Gasteiger partial charge in [0, 0.05) is 31.2 Å². The summed E-state index contributed by atoms with van der Waals surface area (Å²) in [6.07, 6.45) is 1.83. The molecule has 2 heterocycles. The molecular weight excluding hydrogens is 256 g/mol. The third-order valence-corrected chi connectivity index (χ3v) is 3.55. The highest BCUT2D eigenvalue weighted by Crippen LogP contribution is 2.17. The van der Waals surface area contributed by atoms with Crippen molar-refractivity contribution in [3.8, 4) is 0 Å². The molecule has 1 fully saturated rings. The number of hydrogen-bond acceptors (Lipinski definition) is 4. The Morgan fingerprint density at radius 1 is 1.30 bits per heavy atom. The third-order valence-electron chi connectivity index (χ3n) is 3.55. The molecule has 0 unspecified atom stereocenters. The Balaban J connectivity index is 1.57. The Hall–Kier alpha value is -1.85. The summed E-state index contributed by atoms with van der Waals surface area (Å²) in [7, 11) is 0. The molecule has 0 radical (unpaired) electrons. The number of nitrogens with zero attached hydrogens (tertiary/aromatic N) is 1. The number of aromatic nitrogens is 1. The lowest BCUT2D eigenvalue weighted by molar-refractivity contribution is 0.0196. The molecular formula is C15H18N2O3. The van der Waals surface area contributed by atoms with Gasteiger partial charge in [0.1, 0.15) is 6.61 Å². The highest BCUT2D eigenvalue weighted by atomic mass is 16.5. The minimum atomic E-state index is -0.272. The maximum Gasteiger partial charge on any atom is 0.340 e. The van der Waals surface area contributed by atoms with Crippen molar-refractivity contribution >= 4 is 16.9 Å². The van der Waals surface area contributed by atoms with E-state index in [1.54, 1.807) is 6.07 Å². The van der Waals surface area contributed by atoms with Gasteiger partial charge in [-0.2, -0.15) is 0 Å². The molecule has 5 heteroatoms. The smallest absolute Gasteiger partial charge is 0.340 e. The number of benzene rings is 1. The molecule has 1 aliphatic rings. The number of morpholine rings is 1. The van der Waals surface area contributed by atoms with E-state index in [2.05, 4.69) is 9.88 Å². The molecule has 1 aliphatic heterocycles. The number of carbonyl (C=O) groups is 1. The van der Waals surface area contributed by atoms with Gasteiger partial charge < -0.3 is 14.5 Å². The summed E-state index contributed by atoms with van der Waals surface area (Å²) >= 11 is 0. The minimum absolute atomic E-state index is 0.272. The van der Waals surface area contributed by atoms with E-state index in [0.29, 0.717) is 12.2 Å². The largest absolute Gasteiger partial charge is 0.461 e. The van der Waals surface area contributed by atoms with Gasteiger partial charge in [-0.05, 0) is 12.1 Å². The molecule has 1 saturated heterocycles. The fourth-order valence-electron chi connectivity index (χ4n) is 2.42. The SMILES string of the molecule is O=C(OCCN1CCOCC1)c1cccc2cc[nH]c12. The summed E-state index contributed by atoms with van der Waals surface area (Å²) in [5, 5.41) is 1.02. The van der Waals surface area contributed by atoms with E-state index in [4.69, 9.17) is 9.47 Å². The predicted molar refractivity (Wildman–Crippen MR) is 75.8 cm³/mol. The van der Waals surface area contributed by atoms with Crippen LogP contribution in [-0.4, -0.2) is 55.3 Å². The van der Waals surface area contributed by atoms with E-state index in [1.165, 1.54) is 0 Å². The first kappa shape index (κ1) is 13.1. The number of para-hydroxylation sites is 1. The summed E-state index contributed by atoms with van der Waals surface area (Å²) in [5.74, 6) is -0.272. The van der Waals surface area contributed by atoms with E-state index < -0.39 is 0 Å². The summed E-state index contributed by atoms with van der Waals surface area (Å²) in [6.45, 7) is 4.50. The third kappa shape index (κ3) is 2.84. The zero-order valence-electron chi connectivity index (χ0n) is 11.3. The van der Waals surface area contributed by atoms with Gasteiger partial charge in [0.05, 0.1) is 24.3 Å². The van der Waals surface area contributed by atoms with Crippen LogP contribution in [0.5, 0.6) is 0 Å². The van der Waals surface area contributed by atoms with E-state index in [9.17, 15) is 4.79 Å². The average Bonchev–Trinajstić information content (AvgIpc) is 2.96. The number of carbonyl (C=O) groups excluding carboxylic acids is 1. The van der Waals surface area contributed by atoms with Crippen molar-refractivity contribution in [3.63, 3.8) is 0 Å². The van der Waals surface area contributed by atoms with E-state index in [-0.39, 0.29) is 5.97 Å². The number of aromatic amines is 1. The van der Waals surface area contributed by atoms with Crippen LogP contribution in [0.15, 0.2) is 30.5 Å². The lowest BCUT2D eigenvalue weighted by atomic mass is 10.1. The molecule has 2 aromatic rings. The fourth-order valence-corrected chi connectivity index (χ4v) is 2.42. The van der Waals surface area contributed by atoms with Crippen molar-refractivity contribution < 1.29 is 14.3 Å². The first-order valence-electron chi connectivity index (χ1n) is 6.88. The molecule has 0 aliphatic carbocycles. The Kier molecular flexibility index (Phi) is 3.99. The number of hydrogen-bond donors (Lipinski definition) is 1. The van der Waals surface area contributed by atoms with Crippen LogP contribution in [0.3, 0.4) is 0 Å². The lowest BCUT2D eigenvalue weighted by Gasteiger charge is -2.26. The van der Waals surface area contributed by atoms with Crippen molar-refractivity contribution in [1.82, 2.24) is 9.88 Å². The topological polar surface area (TPSA) is 54.6 Å². The minimum Gasteiger partial charge on any atom is -0.461 e. The fraction of sp³-hybridized carbons (Fsp3) is 0.400. The van der Waals surface area contributed by atoms with Crippen LogP contribution < -0.4 is 0 Å². The molecule has 0 spiro atoms. The maximum absolute atomic E-state index is 12.1. The highest BCUT2D eigenvalue weighted by molar-refractivity contribution is 6.02. The van der Waals surface area contributed by atoms with Gasteiger partial charge >= 0.3 is 5.97 Å². The Labute approximate surface area is 117 Å². The standard InChI is InChI=1S/C15H18N2O3/c18-15(20-11-8-17-6-9-19-10-7-17)13-3-1-2-12-4-5-16-14(12)13/h1-5,16H,6-11H2. The first-order chi connectivity index (χ1) is 9.84. The number of ether oxygens (including phenoxy) is 2. The zero-order chi connectivity index (χ0) is 13.8. The second-order valence-corrected chi connectivity index (χ2v) is 4.84. The van der Waals surface area contributed by atoms with Crippen LogP contribution >= 0.6 is 0 Å². The van der Waals surface area contributed by atoms with Crippen LogP contribution in [0, 0.1) is 0 Å². The first-order valence-corrected chi connectivity index (χ1v) is 6.88. The van der Waals surface area contributed by atoms with E-state index in [1.807, 2.05) is 24.4 Å². The van der Waals surface area contributed by atoms with Gasteiger partial charge in [0.2, 0.25) is 0 Å². The quantitative estimate of drug-likeness (QED) is 0.861. The molecule has 1 N–H and O–H groups in total. The molecule has 1 aromatic carbocycles. The van der Waals surface area contributed by atoms with Crippen molar-refractivity contribution in [2.75, 3.05) is 39.5 Å².